The van der Waals surface area contributed by atoms with Crippen molar-refractivity contribution in [1.82, 2.24) is 0 Å². The van der Waals surface area contributed by atoms with E-state index >= 15 is 0 Å². The molecule has 0 spiro atoms. The zero-order chi connectivity index (χ0) is 15.5. The van der Waals surface area contributed by atoms with E-state index in [1.807, 2.05) is 0 Å². The number of hydrogen-bond donors (Lipinski definition) is 2. The zero-order valence-corrected chi connectivity index (χ0v) is 12.8. The van der Waals surface area contributed by atoms with Crippen molar-refractivity contribution in [1.29, 1.82) is 0 Å². The first-order chi connectivity index (χ1) is 9.92. The topological polar surface area (TPSA) is 74.6 Å². The monoisotopic (exact) mass is 308 g/mol. The predicted octanol–water partition coefficient (Wildman–Crippen LogP) is 3.03. The Morgan fingerprint density at radius 1 is 1.33 bits per heavy atom. The molecular weight excluding hydrogens is 287 g/mol. The molecule has 1 fully saturated rings. The third kappa shape index (κ3) is 3.84. The van der Waals surface area contributed by atoms with E-state index in [-0.39, 0.29) is 12.1 Å². The van der Waals surface area contributed by atoms with Gasteiger partial charge in [0.2, 0.25) is 7.37 Å². The van der Waals surface area contributed by atoms with Crippen LogP contribution >= 0.6 is 7.37 Å². The number of carboxylic acid groups (broad SMARTS) is 1. The predicted molar refractivity (Wildman–Crippen MR) is 83.0 cm³/mol. The second kappa shape index (κ2) is 6.59. The molecule has 4 nitrogen and oxygen atoms in total. The Kier molecular flexibility index (Phi) is 5.02. The Balaban J connectivity index is 2.22. The summed E-state index contributed by atoms with van der Waals surface area (Å²) in [5.41, 5.74) is 0.904. The maximum Gasteiger partial charge on any atom is 0.307 e. The van der Waals surface area contributed by atoms with Crippen molar-refractivity contribution in [2.75, 3.05) is 6.16 Å². The van der Waals surface area contributed by atoms with Crippen LogP contribution in [0.3, 0.4) is 0 Å². The highest BCUT2D eigenvalue weighted by Crippen LogP contribution is 2.45. The molecule has 1 aliphatic rings. The standard InChI is InChI=1S/C16H21O4P/c1-12-7-5-6-10-14(12)15(16(17)18)11-21(19,20)13-8-3-2-4-9-13/h2-4,8-9,14-15H,1,5-7,10-11H2,(H,17,18)(H,19,20). The molecule has 1 aromatic rings. The Morgan fingerprint density at radius 2 is 2.00 bits per heavy atom. The van der Waals surface area contributed by atoms with Gasteiger partial charge >= 0.3 is 5.97 Å². The minimum Gasteiger partial charge on any atom is -0.481 e. The molecule has 1 saturated carbocycles. The Morgan fingerprint density at radius 3 is 2.57 bits per heavy atom. The van der Waals surface area contributed by atoms with Gasteiger partial charge in [0.05, 0.1) is 5.92 Å². The normalized spacial score (nSPS) is 23.3. The van der Waals surface area contributed by atoms with Gasteiger partial charge in [-0.3, -0.25) is 9.36 Å². The zero-order valence-electron chi connectivity index (χ0n) is 11.9. The van der Waals surface area contributed by atoms with Crippen molar-refractivity contribution in [3.8, 4) is 0 Å². The molecule has 1 aliphatic carbocycles. The van der Waals surface area contributed by atoms with Crippen LogP contribution in [0.5, 0.6) is 0 Å². The maximum absolute atomic E-state index is 12.5. The van der Waals surface area contributed by atoms with Crippen LogP contribution in [0.25, 0.3) is 0 Å². The lowest BCUT2D eigenvalue weighted by atomic mass is 9.77. The van der Waals surface area contributed by atoms with Gasteiger partial charge in [0.25, 0.3) is 0 Å². The molecule has 2 rings (SSSR count). The lowest BCUT2D eigenvalue weighted by Gasteiger charge is -2.30. The van der Waals surface area contributed by atoms with Crippen molar-refractivity contribution in [3.63, 3.8) is 0 Å². The summed E-state index contributed by atoms with van der Waals surface area (Å²) >= 11 is 0. The molecule has 0 saturated heterocycles. The van der Waals surface area contributed by atoms with Crippen LogP contribution < -0.4 is 5.30 Å². The summed E-state index contributed by atoms with van der Waals surface area (Å²) in [6, 6.07) is 8.30. The van der Waals surface area contributed by atoms with Crippen molar-refractivity contribution < 1.29 is 19.4 Å². The first-order valence-corrected chi connectivity index (χ1v) is 9.04. The fourth-order valence-electron chi connectivity index (χ4n) is 3.00. The average molecular weight is 308 g/mol. The molecule has 0 aromatic heterocycles. The summed E-state index contributed by atoms with van der Waals surface area (Å²) in [5, 5.41) is 9.80. The van der Waals surface area contributed by atoms with Crippen LogP contribution in [0.15, 0.2) is 42.5 Å². The summed E-state index contributed by atoms with van der Waals surface area (Å²) in [6.07, 6.45) is 3.31. The van der Waals surface area contributed by atoms with Crippen LogP contribution in [0.2, 0.25) is 0 Å². The summed E-state index contributed by atoms with van der Waals surface area (Å²) in [4.78, 5) is 21.9. The molecule has 0 bridgehead atoms. The largest absolute Gasteiger partial charge is 0.481 e. The highest BCUT2D eigenvalue weighted by atomic mass is 31.2. The van der Waals surface area contributed by atoms with Gasteiger partial charge in [-0.15, -0.1) is 0 Å². The quantitative estimate of drug-likeness (QED) is 0.647. The average Bonchev–Trinajstić information content (AvgIpc) is 2.46. The van der Waals surface area contributed by atoms with E-state index in [0.29, 0.717) is 5.30 Å². The van der Waals surface area contributed by atoms with Gasteiger partial charge in [0.15, 0.2) is 0 Å². The van der Waals surface area contributed by atoms with Crippen molar-refractivity contribution in [2.45, 2.75) is 25.7 Å². The number of allylic oxidation sites excluding steroid dienone is 1. The third-order valence-electron chi connectivity index (χ3n) is 4.19. The van der Waals surface area contributed by atoms with E-state index in [9.17, 15) is 19.4 Å². The second-order valence-electron chi connectivity index (χ2n) is 5.67. The van der Waals surface area contributed by atoms with E-state index in [0.717, 1.165) is 31.3 Å². The molecule has 1 aromatic carbocycles. The molecule has 0 aliphatic heterocycles. The third-order valence-corrected chi connectivity index (χ3v) is 6.19. The summed E-state index contributed by atoms with van der Waals surface area (Å²) in [5.74, 6) is -2.04. The van der Waals surface area contributed by atoms with Crippen LogP contribution in [-0.2, 0) is 9.36 Å². The van der Waals surface area contributed by atoms with Crippen molar-refractivity contribution >= 4 is 18.6 Å². The molecular formula is C16H21O4P. The lowest BCUT2D eigenvalue weighted by Crippen LogP contribution is -2.31. The van der Waals surface area contributed by atoms with Crippen molar-refractivity contribution in [3.05, 3.63) is 42.5 Å². The van der Waals surface area contributed by atoms with E-state index in [1.54, 1.807) is 30.3 Å². The Bertz CT molecular complexity index is 567. The maximum atomic E-state index is 12.5. The van der Waals surface area contributed by atoms with Gasteiger partial charge in [-0.1, -0.05) is 36.8 Å². The molecule has 3 unspecified atom stereocenters. The van der Waals surface area contributed by atoms with E-state index in [4.69, 9.17) is 0 Å². The molecule has 3 atom stereocenters. The molecule has 0 heterocycles. The molecule has 114 valence electrons. The summed E-state index contributed by atoms with van der Waals surface area (Å²) in [7, 11) is -3.67. The minimum atomic E-state index is -3.67. The van der Waals surface area contributed by atoms with Gasteiger partial charge in [-0.05, 0) is 37.3 Å². The van der Waals surface area contributed by atoms with E-state index in [1.165, 1.54) is 0 Å². The number of rotatable bonds is 5. The van der Waals surface area contributed by atoms with Gasteiger partial charge in [-0.2, -0.15) is 0 Å². The molecule has 2 N–H and O–H groups in total. The summed E-state index contributed by atoms with van der Waals surface area (Å²) < 4.78 is 12.5. The lowest BCUT2D eigenvalue weighted by molar-refractivity contribution is -0.142. The number of hydrogen-bond acceptors (Lipinski definition) is 2. The van der Waals surface area contributed by atoms with Gasteiger partial charge in [-0.25, -0.2) is 0 Å². The molecule has 21 heavy (non-hydrogen) atoms. The smallest absolute Gasteiger partial charge is 0.307 e. The van der Waals surface area contributed by atoms with Gasteiger partial charge < -0.3 is 10.00 Å². The SMILES string of the molecule is C=C1CCCCC1C(CP(=O)(O)c1ccccc1)C(=O)O. The van der Waals surface area contributed by atoms with Gasteiger partial charge in [0, 0.05) is 11.5 Å². The van der Waals surface area contributed by atoms with Crippen LogP contribution in [0.1, 0.15) is 25.7 Å². The minimum absolute atomic E-state index is 0.194. The second-order valence-corrected chi connectivity index (χ2v) is 7.96. The van der Waals surface area contributed by atoms with Crippen molar-refractivity contribution in [2.24, 2.45) is 11.8 Å². The van der Waals surface area contributed by atoms with E-state index < -0.39 is 19.3 Å². The van der Waals surface area contributed by atoms with Crippen LogP contribution in [-0.4, -0.2) is 22.1 Å². The first-order valence-electron chi connectivity index (χ1n) is 7.20. The number of carboxylic acids is 1. The van der Waals surface area contributed by atoms with Gasteiger partial charge in [0.1, 0.15) is 0 Å². The highest BCUT2D eigenvalue weighted by Gasteiger charge is 2.37. The molecule has 0 radical (unpaired) electrons. The van der Waals surface area contributed by atoms with Crippen LogP contribution in [0, 0.1) is 11.8 Å². The highest BCUT2D eigenvalue weighted by molar-refractivity contribution is 7.66. The fraction of sp³-hybridized carbons (Fsp3) is 0.438. The van der Waals surface area contributed by atoms with E-state index in [2.05, 4.69) is 6.58 Å². The number of benzene rings is 1. The Labute approximate surface area is 125 Å². The summed E-state index contributed by atoms with van der Waals surface area (Å²) in [6.45, 7) is 3.97. The first kappa shape index (κ1) is 16.0. The number of aliphatic carboxylic acids is 1. The van der Waals surface area contributed by atoms with Crippen LogP contribution in [0.4, 0.5) is 0 Å². The Hall–Kier alpha value is -1.38. The number of carbonyl (C=O) groups is 1. The molecule has 0 amide bonds. The fourth-order valence-corrected chi connectivity index (χ4v) is 4.79. The molecule has 5 heteroatoms.